The number of furan rings is 1. The van der Waals surface area contributed by atoms with Crippen molar-refractivity contribution < 1.29 is 18.7 Å². The SMILES string of the molecule is CCNC(=NCc1cc(C(=O)OC)c(C)o1)NCCOCC. The van der Waals surface area contributed by atoms with E-state index in [1.807, 2.05) is 13.8 Å². The van der Waals surface area contributed by atoms with Crippen molar-refractivity contribution in [1.29, 1.82) is 0 Å². The van der Waals surface area contributed by atoms with E-state index in [0.29, 0.717) is 49.3 Å². The largest absolute Gasteiger partial charge is 0.465 e. The summed E-state index contributed by atoms with van der Waals surface area (Å²) < 4.78 is 15.5. The Kier molecular flexibility index (Phi) is 8.06. The molecular weight excluding hydrogens is 286 g/mol. The molecule has 0 spiro atoms. The molecule has 0 atom stereocenters. The third kappa shape index (κ3) is 5.77. The fourth-order valence-electron chi connectivity index (χ4n) is 1.82. The molecule has 124 valence electrons. The molecule has 1 aromatic heterocycles. The normalized spacial score (nSPS) is 11.4. The number of nitrogens with one attached hydrogen (secondary N) is 2. The van der Waals surface area contributed by atoms with Crippen molar-refractivity contribution in [2.75, 3.05) is 33.4 Å². The molecule has 0 saturated heterocycles. The highest BCUT2D eigenvalue weighted by atomic mass is 16.5. The number of carbonyl (C=O) groups excluding carboxylic acids is 1. The van der Waals surface area contributed by atoms with Gasteiger partial charge in [-0.2, -0.15) is 0 Å². The minimum atomic E-state index is -0.404. The Labute approximate surface area is 131 Å². The van der Waals surface area contributed by atoms with E-state index >= 15 is 0 Å². The predicted molar refractivity (Wildman–Crippen MR) is 84.1 cm³/mol. The highest BCUT2D eigenvalue weighted by Gasteiger charge is 2.15. The molecule has 7 nitrogen and oxygen atoms in total. The van der Waals surface area contributed by atoms with Crippen LogP contribution in [0.3, 0.4) is 0 Å². The van der Waals surface area contributed by atoms with Crippen LogP contribution in [-0.4, -0.2) is 45.3 Å². The van der Waals surface area contributed by atoms with Crippen molar-refractivity contribution in [3.05, 3.63) is 23.2 Å². The average Bonchev–Trinajstić information content (AvgIpc) is 2.89. The van der Waals surface area contributed by atoms with Gasteiger partial charge in [-0.05, 0) is 26.8 Å². The Balaban J connectivity index is 2.63. The highest BCUT2D eigenvalue weighted by molar-refractivity contribution is 5.90. The van der Waals surface area contributed by atoms with Crippen LogP contribution in [0.25, 0.3) is 0 Å². The minimum Gasteiger partial charge on any atom is -0.465 e. The first-order valence-electron chi connectivity index (χ1n) is 7.39. The predicted octanol–water partition coefficient (Wildman–Crippen LogP) is 1.47. The summed E-state index contributed by atoms with van der Waals surface area (Å²) >= 11 is 0. The smallest absolute Gasteiger partial charge is 0.341 e. The van der Waals surface area contributed by atoms with Crippen LogP contribution in [-0.2, 0) is 16.0 Å². The summed E-state index contributed by atoms with van der Waals surface area (Å²) in [5, 5.41) is 6.30. The number of hydrogen-bond acceptors (Lipinski definition) is 5. The Bertz CT molecular complexity index is 497. The maximum absolute atomic E-state index is 11.5. The van der Waals surface area contributed by atoms with E-state index in [0.717, 1.165) is 6.54 Å². The Morgan fingerprint density at radius 1 is 1.36 bits per heavy atom. The highest BCUT2D eigenvalue weighted by Crippen LogP contribution is 2.16. The van der Waals surface area contributed by atoms with Crippen molar-refractivity contribution in [3.8, 4) is 0 Å². The Hall–Kier alpha value is -2.02. The number of rotatable bonds is 8. The monoisotopic (exact) mass is 311 g/mol. The number of guanidine groups is 1. The van der Waals surface area contributed by atoms with Gasteiger partial charge in [0.05, 0.1) is 13.7 Å². The molecule has 0 bridgehead atoms. The summed E-state index contributed by atoms with van der Waals surface area (Å²) in [6.07, 6.45) is 0. The zero-order valence-electron chi connectivity index (χ0n) is 13.7. The van der Waals surface area contributed by atoms with Crippen LogP contribution in [0.5, 0.6) is 0 Å². The van der Waals surface area contributed by atoms with Gasteiger partial charge in [0.2, 0.25) is 0 Å². The number of hydrogen-bond donors (Lipinski definition) is 2. The van der Waals surface area contributed by atoms with E-state index in [1.165, 1.54) is 7.11 Å². The molecule has 0 fully saturated rings. The minimum absolute atomic E-state index is 0.335. The second kappa shape index (κ2) is 9.83. The molecule has 1 rings (SSSR count). The second-order valence-corrected chi connectivity index (χ2v) is 4.49. The fraction of sp³-hybridized carbons (Fsp3) is 0.600. The van der Waals surface area contributed by atoms with E-state index in [-0.39, 0.29) is 0 Å². The number of nitrogens with zero attached hydrogens (tertiary/aromatic N) is 1. The number of esters is 1. The van der Waals surface area contributed by atoms with Gasteiger partial charge in [-0.25, -0.2) is 9.79 Å². The third-order valence-electron chi connectivity index (χ3n) is 2.85. The van der Waals surface area contributed by atoms with Crippen molar-refractivity contribution in [3.63, 3.8) is 0 Å². The Morgan fingerprint density at radius 3 is 2.77 bits per heavy atom. The summed E-state index contributed by atoms with van der Waals surface area (Å²) in [6.45, 7) is 8.75. The molecule has 0 aromatic carbocycles. The van der Waals surface area contributed by atoms with Crippen LogP contribution in [0.2, 0.25) is 0 Å². The molecular formula is C15H25N3O4. The van der Waals surface area contributed by atoms with Crippen LogP contribution in [0.4, 0.5) is 0 Å². The summed E-state index contributed by atoms with van der Waals surface area (Å²) in [4.78, 5) is 15.9. The van der Waals surface area contributed by atoms with Gasteiger partial charge in [-0.3, -0.25) is 0 Å². The molecule has 0 aliphatic heterocycles. The number of ether oxygens (including phenoxy) is 2. The quantitative estimate of drug-likeness (QED) is 0.327. The van der Waals surface area contributed by atoms with Gasteiger partial charge in [0.1, 0.15) is 23.6 Å². The van der Waals surface area contributed by atoms with Crippen molar-refractivity contribution >= 4 is 11.9 Å². The lowest BCUT2D eigenvalue weighted by Gasteiger charge is -2.10. The summed E-state index contributed by atoms with van der Waals surface area (Å²) in [6, 6.07) is 1.66. The molecule has 0 unspecified atom stereocenters. The van der Waals surface area contributed by atoms with E-state index in [4.69, 9.17) is 13.9 Å². The topological polar surface area (TPSA) is 85.1 Å². The van der Waals surface area contributed by atoms with Gasteiger partial charge in [-0.15, -0.1) is 0 Å². The van der Waals surface area contributed by atoms with Crippen LogP contribution in [0.1, 0.15) is 35.7 Å². The fourth-order valence-corrected chi connectivity index (χ4v) is 1.82. The summed E-state index contributed by atoms with van der Waals surface area (Å²) in [5.41, 5.74) is 0.432. The first-order valence-corrected chi connectivity index (χ1v) is 7.39. The van der Waals surface area contributed by atoms with Crippen LogP contribution < -0.4 is 10.6 Å². The van der Waals surface area contributed by atoms with Crippen molar-refractivity contribution in [2.45, 2.75) is 27.3 Å². The molecule has 1 aromatic rings. The average molecular weight is 311 g/mol. The zero-order valence-corrected chi connectivity index (χ0v) is 13.7. The molecule has 0 radical (unpaired) electrons. The first kappa shape index (κ1) is 18.0. The van der Waals surface area contributed by atoms with E-state index < -0.39 is 5.97 Å². The molecule has 0 aliphatic rings. The van der Waals surface area contributed by atoms with E-state index in [9.17, 15) is 4.79 Å². The summed E-state index contributed by atoms with van der Waals surface area (Å²) in [5.74, 6) is 1.42. The lowest BCUT2D eigenvalue weighted by molar-refractivity contribution is 0.0599. The Morgan fingerprint density at radius 2 is 2.14 bits per heavy atom. The maximum atomic E-state index is 11.5. The maximum Gasteiger partial charge on any atom is 0.341 e. The van der Waals surface area contributed by atoms with E-state index in [1.54, 1.807) is 13.0 Å². The van der Waals surface area contributed by atoms with Crippen molar-refractivity contribution in [2.24, 2.45) is 4.99 Å². The molecule has 7 heteroatoms. The standard InChI is InChI=1S/C15H25N3O4/c1-5-16-15(17-7-8-21-6-2)18-10-12-9-13(11(3)22-12)14(19)20-4/h9H,5-8,10H2,1-4H3,(H2,16,17,18). The number of aryl methyl sites for hydroxylation is 1. The van der Waals surface area contributed by atoms with Gasteiger partial charge in [0.15, 0.2) is 5.96 Å². The molecule has 22 heavy (non-hydrogen) atoms. The van der Waals surface area contributed by atoms with Gasteiger partial charge in [0, 0.05) is 19.7 Å². The zero-order chi connectivity index (χ0) is 16.4. The number of carbonyl (C=O) groups is 1. The van der Waals surface area contributed by atoms with Gasteiger partial charge < -0.3 is 24.5 Å². The number of methoxy groups -OCH3 is 1. The lowest BCUT2D eigenvalue weighted by atomic mass is 10.2. The van der Waals surface area contributed by atoms with Gasteiger partial charge in [-0.1, -0.05) is 0 Å². The van der Waals surface area contributed by atoms with Crippen LogP contribution >= 0.6 is 0 Å². The van der Waals surface area contributed by atoms with Gasteiger partial charge in [0.25, 0.3) is 0 Å². The lowest BCUT2D eigenvalue weighted by Crippen LogP contribution is -2.38. The molecule has 0 amide bonds. The number of aliphatic imine (C=N–C) groups is 1. The van der Waals surface area contributed by atoms with Gasteiger partial charge >= 0.3 is 5.97 Å². The molecule has 1 heterocycles. The molecule has 2 N–H and O–H groups in total. The molecule has 0 aliphatic carbocycles. The van der Waals surface area contributed by atoms with Crippen molar-refractivity contribution in [1.82, 2.24) is 10.6 Å². The third-order valence-corrected chi connectivity index (χ3v) is 2.85. The van der Waals surface area contributed by atoms with E-state index in [2.05, 4.69) is 15.6 Å². The first-order chi connectivity index (χ1) is 10.6. The summed E-state index contributed by atoms with van der Waals surface area (Å²) in [7, 11) is 1.35. The second-order valence-electron chi connectivity index (χ2n) is 4.49. The molecule has 0 saturated carbocycles. The van der Waals surface area contributed by atoms with Crippen LogP contribution in [0, 0.1) is 6.92 Å². The van der Waals surface area contributed by atoms with Crippen LogP contribution in [0.15, 0.2) is 15.5 Å².